The van der Waals surface area contributed by atoms with Gasteiger partial charge in [-0.25, -0.2) is 4.39 Å². The summed E-state index contributed by atoms with van der Waals surface area (Å²) in [5.74, 6) is -0.626. The Morgan fingerprint density at radius 1 is 1.33 bits per heavy atom. The minimum absolute atomic E-state index is 0.0325. The summed E-state index contributed by atoms with van der Waals surface area (Å²) >= 11 is 0. The van der Waals surface area contributed by atoms with Crippen molar-refractivity contribution in [1.82, 2.24) is 0 Å². The predicted octanol–water partition coefficient (Wildman–Crippen LogP) is 0.151. The minimum Gasteiger partial charge on any atom is -0.399 e. The third-order valence-electron chi connectivity index (χ3n) is 2.17. The SMILES string of the molecule is NCCC(O)C(O)c1ccc(N)cc1F. The van der Waals surface area contributed by atoms with E-state index in [1.54, 1.807) is 0 Å². The molecule has 0 aliphatic rings. The number of benzene rings is 1. The quantitative estimate of drug-likeness (QED) is 0.537. The molecule has 0 saturated heterocycles. The van der Waals surface area contributed by atoms with Crippen LogP contribution in [-0.2, 0) is 0 Å². The lowest BCUT2D eigenvalue weighted by atomic mass is 10.0. The highest BCUT2D eigenvalue weighted by atomic mass is 19.1. The Balaban J connectivity index is 2.86. The Hall–Kier alpha value is -1.17. The molecule has 0 aliphatic carbocycles. The molecule has 0 bridgehead atoms. The van der Waals surface area contributed by atoms with Crippen molar-refractivity contribution in [3.05, 3.63) is 29.6 Å². The lowest BCUT2D eigenvalue weighted by Gasteiger charge is -2.18. The van der Waals surface area contributed by atoms with Crippen LogP contribution in [0.15, 0.2) is 18.2 Å². The summed E-state index contributed by atoms with van der Waals surface area (Å²) < 4.78 is 13.3. The van der Waals surface area contributed by atoms with E-state index in [4.69, 9.17) is 11.5 Å². The molecule has 1 aromatic rings. The van der Waals surface area contributed by atoms with E-state index < -0.39 is 18.0 Å². The zero-order chi connectivity index (χ0) is 11.4. The van der Waals surface area contributed by atoms with Crippen LogP contribution in [0, 0.1) is 5.82 Å². The first-order valence-electron chi connectivity index (χ1n) is 4.67. The zero-order valence-electron chi connectivity index (χ0n) is 8.23. The van der Waals surface area contributed by atoms with E-state index in [2.05, 4.69) is 0 Å². The van der Waals surface area contributed by atoms with E-state index in [9.17, 15) is 14.6 Å². The van der Waals surface area contributed by atoms with Crippen LogP contribution in [0.4, 0.5) is 10.1 Å². The van der Waals surface area contributed by atoms with Gasteiger partial charge >= 0.3 is 0 Å². The Labute approximate surface area is 87.3 Å². The number of aliphatic hydroxyl groups is 2. The van der Waals surface area contributed by atoms with Crippen molar-refractivity contribution in [2.45, 2.75) is 18.6 Å². The number of hydrogen-bond acceptors (Lipinski definition) is 4. The fourth-order valence-corrected chi connectivity index (χ4v) is 1.32. The van der Waals surface area contributed by atoms with Gasteiger partial charge in [-0.2, -0.15) is 0 Å². The van der Waals surface area contributed by atoms with Gasteiger partial charge in [0.1, 0.15) is 11.9 Å². The minimum atomic E-state index is -1.27. The summed E-state index contributed by atoms with van der Waals surface area (Å²) in [6, 6.07) is 3.93. The number of aliphatic hydroxyl groups excluding tert-OH is 2. The molecule has 0 heterocycles. The van der Waals surface area contributed by atoms with Crippen LogP contribution < -0.4 is 11.5 Å². The molecule has 1 aromatic carbocycles. The molecule has 0 spiro atoms. The van der Waals surface area contributed by atoms with E-state index in [1.807, 2.05) is 0 Å². The first-order valence-corrected chi connectivity index (χ1v) is 4.67. The van der Waals surface area contributed by atoms with E-state index in [0.717, 1.165) is 6.07 Å². The summed E-state index contributed by atoms with van der Waals surface area (Å²) in [4.78, 5) is 0. The maximum atomic E-state index is 13.3. The Bertz CT molecular complexity index is 333. The van der Waals surface area contributed by atoms with Crippen LogP contribution in [0.3, 0.4) is 0 Å². The smallest absolute Gasteiger partial charge is 0.131 e. The van der Waals surface area contributed by atoms with Crippen LogP contribution >= 0.6 is 0 Å². The predicted molar refractivity (Wildman–Crippen MR) is 55.5 cm³/mol. The molecule has 0 amide bonds. The van der Waals surface area contributed by atoms with Gasteiger partial charge in [-0.3, -0.25) is 0 Å². The van der Waals surface area contributed by atoms with Crippen molar-refractivity contribution in [2.75, 3.05) is 12.3 Å². The summed E-state index contributed by atoms with van der Waals surface area (Å²) in [7, 11) is 0. The van der Waals surface area contributed by atoms with Gasteiger partial charge in [-0.05, 0) is 25.1 Å². The van der Waals surface area contributed by atoms with Crippen LogP contribution in [0.2, 0.25) is 0 Å². The van der Waals surface area contributed by atoms with Gasteiger partial charge in [-0.15, -0.1) is 0 Å². The molecule has 0 saturated carbocycles. The molecule has 15 heavy (non-hydrogen) atoms. The van der Waals surface area contributed by atoms with Gasteiger partial charge in [0.25, 0.3) is 0 Å². The van der Waals surface area contributed by atoms with Crippen molar-refractivity contribution in [1.29, 1.82) is 0 Å². The molecule has 0 fully saturated rings. The van der Waals surface area contributed by atoms with E-state index >= 15 is 0 Å². The number of anilines is 1. The summed E-state index contributed by atoms with van der Waals surface area (Å²) in [6.45, 7) is 0.231. The zero-order valence-corrected chi connectivity index (χ0v) is 8.23. The third-order valence-corrected chi connectivity index (χ3v) is 2.17. The fraction of sp³-hybridized carbons (Fsp3) is 0.400. The lowest BCUT2D eigenvalue weighted by molar-refractivity contribution is 0.0130. The summed E-state index contributed by atoms with van der Waals surface area (Å²) in [5, 5.41) is 19.0. The number of nitrogen functional groups attached to an aromatic ring is 1. The van der Waals surface area contributed by atoms with Crippen molar-refractivity contribution >= 4 is 5.69 Å². The molecular weight excluding hydrogens is 199 g/mol. The average Bonchev–Trinajstić information content (AvgIpc) is 2.17. The summed E-state index contributed by atoms with van der Waals surface area (Å²) in [6.07, 6.45) is -2.12. The van der Waals surface area contributed by atoms with Crippen molar-refractivity contribution in [3.63, 3.8) is 0 Å². The van der Waals surface area contributed by atoms with Gasteiger partial charge in [0, 0.05) is 11.3 Å². The van der Waals surface area contributed by atoms with E-state index in [1.165, 1.54) is 12.1 Å². The van der Waals surface area contributed by atoms with Crippen LogP contribution in [0.1, 0.15) is 18.1 Å². The summed E-state index contributed by atoms with van der Waals surface area (Å²) in [5.41, 5.74) is 10.9. The average molecular weight is 214 g/mol. The second-order valence-electron chi connectivity index (χ2n) is 3.37. The molecule has 5 heteroatoms. The molecule has 6 N–H and O–H groups in total. The van der Waals surface area contributed by atoms with Gasteiger partial charge in [0.2, 0.25) is 0 Å². The van der Waals surface area contributed by atoms with E-state index in [-0.39, 0.29) is 24.2 Å². The molecule has 1 rings (SSSR count). The van der Waals surface area contributed by atoms with Crippen LogP contribution in [0.25, 0.3) is 0 Å². The third kappa shape index (κ3) is 2.89. The second kappa shape index (κ2) is 5.06. The van der Waals surface area contributed by atoms with E-state index in [0.29, 0.717) is 0 Å². The molecule has 0 aromatic heterocycles. The maximum Gasteiger partial charge on any atom is 0.131 e. The van der Waals surface area contributed by atoms with Crippen LogP contribution in [0.5, 0.6) is 0 Å². The number of halogens is 1. The fourth-order valence-electron chi connectivity index (χ4n) is 1.32. The Morgan fingerprint density at radius 3 is 2.53 bits per heavy atom. The second-order valence-corrected chi connectivity index (χ2v) is 3.37. The van der Waals surface area contributed by atoms with Gasteiger partial charge in [0.05, 0.1) is 6.10 Å². The highest BCUT2D eigenvalue weighted by molar-refractivity contribution is 5.41. The highest BCUT2D eigenvalue weighted by Crippen LogP contribution is 2.23. The van der Waals surface area contributed by atoms with Crippen molar-refractivity contribution in [3.8, 4) is 0 Å². The first-order chi connectivity index (χ1) is 7.06. The Kier molecular flexibility index (Phi) is 4.02. The number of nitrogens with two attached hydrogens (primary N) is 2. The van der Waals surface area contributed by atoms with Gasteiger partial charge < -0.3 is 21.7 Å². The lowest BCUT2D eigenvalue weighted by Crippen LogP contribution is -2.22. The molecular formula is C10H15FN2O2. The number of rotatable bonds is 4. The standard InChI is InChI=1S/C10H15FN2O2/c11-8-5-6(13)1-2-7(8)10(15)9(14)3-4-12/h1-2,5,9-10,14-15H,3-4,12-13H2. The van der Waals surface area contributed by atoms with Gasteiger partial charge in [0.15, 0.2) is 0 Å². The largest absolute Gasteiger partial charge is 0.399 e. The topological polar surface area (TPSA) is 92.5 Å². The first kappa shape index (κ1) is 11.9. The molecule has 4 nitrogen and oxygen atoms in total. The molecule has 2 unspecified atom stereocenters. The highest BCUT2D eigenvalue weighted by Gasteiger charge is 2.20. The molecule has 2 atom stereocenters. The molecule has 0 aliphatic heterocycles. The normalized spacial score (nSPS) is 14.9. The van der Waals surface area contributed by atoms with Crippen molar-refractivity contribution in [2.24, 2.45) is 5.73 Å². The molecule has 84 valence electrons. The van der Waals surface area contributed by atoms with Crippen molar-refractivity contribution < 1.29 is 14.6 Å². The van der Waals surface area contributed by atoms with Crippen LogP contribution in [-0.4, -0.2) is 22.9 Å². The Morgan fingerprint density at radius 2 is 2.00 bits per heavy atom. The number of hydrogen-bond donors (Lipinski definition) is 4. The molecule has 0 radical (unpaired) electrons. The maximum absolute atomic E-state index is 13.3. The van der Waals surface area contributed by atoms with Gasteiger partial charge in [-0.1, -0.05) is 6.07 Å². The monoisotopic (exact) mass is 214 g/mol.